The topological polar surface area (TPSA) is 63.2 Å². The van der Waals surface area contributed by atoms with Crippen molar-refractivity contribution in [3.63, 3.8) is 0 Å². The fraction of sp³-hybridized carbons (Fsp3) is 0.600. The first-order chi connectivity index (χ1) is 12.6. The quantitative estimate of drug-likeness (QED) is 0.288. The van der Waals surface area contributed by atoms with Crippen LogP contribution in [0.15, 0.2) is 23.2 Å². The summed E-state index contributed by atoms with van der Waals surface area (Å²) in [4.78, 5) is 18.9. The first-order valence-corrected chi connectivity index (χ1v) is 9.41. The normalized spacial score (nSPS) is 15.1. The number of hydrogen-bond donors (Lipinski definition) is 1. The number of benzene rings is 1. The molecule has 152 valence electrons. The van der Waals surface area contributed by atoms with E-state index in [1.54, 1.807) is 7.11 Å². The minimum Gasteiger partial charge on any atom is -0.497 e. The average molecular weight is 489 g/mol. The van der Waals surface area contributed by atoms with Gasteiger partial charge in [0.15, 0.2) is 5.96 Å². The van der Waals surface area contributed by atoms with E-state index in [4.69, 9.17) is 14.5 Å². The number of methoxy groups -OCH3 is 1. The number of aliphatic imine (C=N–C) groups is 1. The van der Waals surface area contributed by atoms with Crippen LogP contribution in [0.25, 0.3) is 0 Å². The molecule has 0 saturated carbocycles. The van der Waals surface area contributed by atoms with Gasteiger partial charge in [-0.1, -0.05) is 6.07 Å². The van der Waals surface area contributed by atoms with Crippen molar-refractivity contribution in [3.05, 3.63) is 29.3 Å². The molecule has 0 spiro atoms. The van der Waals surface area contributed by atoms with E-state index in [2.05, 4.69) is 30.1 Å². The second-order valence-electron chi connectivity index (χ2n) is 6.54. The number of ether oxygens (including phenoxy) is 2. The van der Waals surface area contributed by atoms with Crippen LogP contribution in [0, 0.1) is 12.8 Å². The maximum atomic E-state index is 11.9. The lowest BCUT2D eigenvalue weighted by molar-refractivity contribution is -0.149. The van der Waals surface area contributed by atoms with Gasteiger partial charge in [-0.2, -0.15) is 0 Å². The molecule has 1 aliphatic heterocycles. The lowest BCUT2D eigenvalue weighted by atomic mass is 9.97. The van der Waals surface area contributed by atoms with Crippen LogP contribution in [-0.2, 0) is 16.1 Å². The molecule has 1 heterocycles. The fourth-order valence-electron chi connectivity index (χ4n) is 3.21. The Balaban J connectivity index is 0.00000364. The standard InChI is InChI=1S/C20H31N3O3.HI/c1-5-21-20(22-14-16-11-15(3)12-18(13-16)25-4)23-9-7-17(8-10-23)19(24)26-6-2;/h11-13,17H,5-10,14H2,1-4H3,(H,21,22);1H. The van der Waals surface area contributed by atoms with E-state index < -0.39 is 0 Å². The number of rotatable bonds is 6. The molecule has 1 fully saturated rings. The number of esters is 1. The largest absolute Gasteiger partial charge is 0.497 e. The van der Waals surface area contributed by atoms with E-state index in [-0.39, 0.29) is 35.9 Å². The summed E-state index contributed by atoms with van der Waals surface area (Å²) >= 11 is 0. The monoisotopic (exact) mass is 489 g/mol. The molecule has 27 heavy (non-hydrogen) atoms. The van der Waals surface area contributed by atoms with Gasteiger partial charge in [0, 0.05) is 19.6 Å². The summed E-state index contributed by atoms with van der Waals surface area (Å²) in [7, 11) is 1.68. The van der Waals surface area contributed by atoms with Crippen LogP contribution in [-0.4, -0.2) is 50.2 Å². The summed E-state index contributed by atoms with van der Waals surface area (Å²) in [6, 6.07) is 6.16. The molecule has 1 aromatic carbocycles. The van der Waals surface area contributed by atoms with Crippen molar-refractivity contribution in [3.8, 4) is 5.75 Å². The van der Waals surface area contributed by atoms with Crippen LogP contribution in [0.1, 0.15) is 37.8 Å². The Morgan fingerprint density at radius 1 is 1.26 bits per heavy atom. The van der Waals surface area contributed by atoms with Gasteiger partial charge in [0.05, 0.1) is 26.2 Å². The Morgan fingerprint density at radius 3 is 2.56 bits per heavy atom. The van der Waals surface area contributed by atoms with Crippen molar-refractivity contribution < 1.29 is 14.3 Å². The minimum atomic E-state index is -0.0686. The van der Waals surface area contributed by atoms with E-state index in [0.717, 1.165) is 55.3 Å². The Kier molecular flexibility index (Phi) is 10.5. The van der Waals surface area contributed by atoms with E-state index in [0.29, 0.717) is 13.2 Å². The summed E-state index contributed by atoms with van der Waals surface area (Å²) in [6.45, 7) is 9.45. The minimum absolute atomic E-state index is 0. The summed E-state index contributed by atoms with van der Waals surface area (Å²) in [6.07, 6.45) is 1.61. The first kappa shape index (κ1) is 23.5. The van der Waals surface area contributed by atoms with E-state index >= 15 is 0 Å². The van der Waals surface area contributed by atoms with Crippen molar-refractivity contribution in [2.75, 3.05) is 33.4 Å². The molecule has 0 amide bonds. The average Bonchev–Trinajstić information content (AvgIpc) is 2.65. The smallest absolute Gasteiger partial charge is 0.309 e. The molecule has 0 aliphatic carbocycles. The van der Waals surface area contributed by atoms with Crippen molar-refractivity contribution >= 4 is 35.9 Å². The lowest BCUT2D eigenvalue weighted by Gasteiger charge is -2.33. The number of nitrogens with one attached hydrogen (secondary N) is 1. The number of guanidine groups is 1. The number of aryl methyl sites for hydroxylation is 1. The molecule has 1 N–H and O–H groups in total. The Labute approximate surface area is 179 Å². The molecule has 0 unspecified atom stereocenters. The molecule has 0 bridgehead atoms. The van der Waals surface area contributed by atoms with Gasteiger partial charge in [0.1, 0.15) is 5.75 Å². The highest BCUT2D eigenvalue weighted by Crippen LogP contribution is 2.20. The van der Waals surface area contributed by atoms with E-state index in [9.17, 15) is 4.79 Å². The molecular formula is C20H32IN3O3. The molecule has 6 nitrogen and oxygen atoms in total. The van der Waals surface area contributed by atoms with Gasteiger partial charge in [-0.25, -0.2) is 4.99 Å². The van der Waals surface area contributed by atoms with E-state index in [1.807, 2.05) is 19.1 Å². The highest BCUT2D eigenvalue weighted by atomic mass is 127. The maximum Gasteiger partial charge on any atom is 0.309 e. The number of halogens is 1. The van der Waals surface area contributed by atoms with Crippen LogP contribution < -0.4 is 10.1 Å². The molecule has 1 aliphatic rings. The highest BCUT2D eigenvalue weighted by Gasteiger charge is 2.27. The maximum absolute atomic E-state index is 11.9. The summed E-state index contributed by atoms with van der Waals surface area (Å²) in [5, 5.41) is 3.36. The van der Waals surface area contributed by atoms with Gasteiger partial charge in [0.25, 0.3) is 0 Å². The van der Waals surface area contributed by atoms with Crippen LogP contribution in [0.5, 0.6) is 5.75 Å². The fourth-order valence-corrected chi connectivity index (χ4v) is 3.21. The van der Waals surface area contributed by atoms with Crippen molar-refractivity contribution in [1.29, 1.82) is 0 Å². The van der Waals surface area contributed by atoms with Crippen molar-refractivity contribution in [2.24, 2.45) is 10.9 Å². The molecule has 2 rings (SSSR count). The van der Waals surface area contributed by atoms with Crippen LogP contribution in [0.4, 0.5) is 0 Å². The molecule has 1 saturated heterocycles. The highest BCUT2D eigenvalue weighted by molar-refractivity contribution is 14.0. The van der Waals surface area contributed by atoms with Crippen LogP contribution >= 0.6 is 24.0 Å². The Morgan fingerprint density at radius 2 is 1.96 bits per heavy atom. The summed E-state index contributed by atoms with van der Waals surface area (Å²) < 4.78 is 10.5. The molecule has 0 radical (unpaired) electrons. The van der Waals surface area contributed by atoms with Crippen LogP contribution in [0.3, 0.4) is 0 Å². The second kappa shape index (κ2) is 12.0. The second-order valence-corrected chi connectivity index (χ2v) is 6.54. The number of likely N-dealkylation sites (tertiary alicyclic amines) is 1. The zero-order valence-electron chi connectivity index (χ0n) is 16.8. The Hall–Kier alpha value is -1.51. The number of piperidine rings is 1. The molecule has 0 aromatic heterocycles. The van der Waals surface area contributed by atoms with Gasteiger partial charge in [-0.15, -0.1) is 24.0 Å². The summed E-state index contributed by atoms with van der Waals surface area (Å²) in [5.41, 5.74) is 2.29. The van der Waals surface area contributed by atoms with Gasteiger partial charge in [0.2, 0.25) is 0 Å². The number of carbonyl (C=O) groups is 1. The number of carbonyl (C=O) groups excluding carboxylic acids is 1. The zero-order valence-corrected chi connectivity index (χ0v) is 19.1. The third-order valence-corrected chi connectivity index (χ3v) is 4.51. The summed E-state index contributed by atoms with van der Waals surface area (Å²) in [5.74, 6) is 1.70. The van der Waals surface area contributed by atoms with Gasteiger partial charge in [-0.05, 0) is 56.9 Å². The first-order valence-electron chi connectivity index (χ1n) is 9.41. The SMILES string of the molecule is CCNC(=NCc1cc(C)cc(OC)c1)N1CCC(C(=O)OCC)CC1.I. The van der Waals surface area contributed by atoms with Crippen molar-refractivity contribution in [1.82, 2.24) is 10.2 Å². The predicted molar refractivity (Wildman–Crippen MR) is 119 cm³/mol. The number of hydrogen-bond acceptors (Lipinski definition) is 4. The predicted octanol–water partition coefficient (Wildman–Crippen LogP) is 3.36. The third-order valence-electron chi connectivity index (χ3n) is 4.51. The zero-order chi connectivity index (χ0) is 18.9. The van der Waals surface area contributed by atoms with Gasteiger partial charge < -0.3 is 19.7 Å². The molecular weight excluding hydrogens is 457 g/mol. The lowest BCUT2D eigenvalue weighted by Crippen LogP contribution is -2.46. The number of nitrogens with zero attached hydrogens (tertiary/aromatic N) is 2. The van der Waals surface area contributed by atoms with Gasteiger partial charge in [-0.3, -0.25) is 4.79 Å². The van der Waals surface area contributed by atoms with E-state index in [1.165, 1.54) is 0 Å². The van der Waals surface area contributed by atoms with Crippen LogP contribution in [0.2, 0.25) is 0 Å². The molecule has 7 heteroatoms. The molecule has 1 aromatic rings. The van der Waals surface area contributed by atoms with Gasteiger partial charge >= 0.3 is 5.97 Å². The van der Waals surface area contributed by atoms with Crippen molar-refractivity contribution in [2.45, 2.75) is 40.2 Å². The Bertz CT molecular complexity index is 629. The molecule has 0 atom stereocenters. The third kappa shape index (κ3) is 7.20.